The number of nitrogens with one attached hydrogen (secondary N) is 1. The molecule has 0 saturated heterocycles. The largest absolute Gasteiger partial charge is 0.289 e. The van der Waals surface area contributed by atoms with Crippen LogP contribution in [0.5, 0.6) is 0 Å². The molecule has 116 valence electrons. The summed E-state index contributed by atoms with van der Waals surface area (Å²) in [6, 6.07) is 8.29. The van der Waals surface area contributed by atoms with Crippen molar-refractivity contribution in [1.82, 2.24) is 0 Å². The van der Waals surface area contributed by atoms with Gasteiger partial charge in [-0.2, -0.15) is 0 Å². The third kappa shape index (κ3) is 3.49. The molecule has 0 bridgehead atoms. The van der Waals surface area contributed by atoms with Crippen molar-refractivity contribution in [3.63, 3.8) is 0 Å². The van der Waals surface area contributed by atoms with Gasteiger partial charge in [-0.1, -0.05) is 40.9 Å². The van der Waals surface area contributed by atoms with Crippen LogP contribution in [0.15, 0.2) is 41.3 Å². The van der Waals surface area contributed by atoms with Crippen LogP contribution >= 0.6 is 23.2 Å². The maximum absolute atomic E-state index is 12.2. The molecular weight excluding hydrogens is 351 g/mol. The van der Waals surface area contributed by atoms with Crippen molar-refractivity contribution in [1.29, 1.82) is 0 Å². The molecular formula is C13H10Cl2N2O4S. The van der Waals surface area contributed by atoms with Crippen LogP contribution in [-0.4, -0.2) is 13.3 Å². The van der Waals surface area contributed by atoms with Crippen molar-refractivity contribution in [3.8, 4) is 0 Å². The Morgan fingerprint density at radius 1 is 1.09 bits per heavy atom. The van der Waals surface area contributed by atoms with Crippen LogP contribution < -0.4 is 4.72 Å². The molecule has 0 spiro atoms. The summed E-state index contributed by atoms with van der Waals surface area (Å²) in [5, 5.41) is 10.4. The van der Waals surface area contributed by atoms with Crippen LogP contribution in [0.25, 0.3) is 0 Å². The van der Waals surface area contributed by atoms with Crippen molar-refractivity contribution < 1.29 is 13.3 Å². The minimum atomic E-state index is -3.87. The standard InChI is InChI=1S/C13H10Cl2N2O4S/c1-8-2-4-9(5-3-8)22(20,21)16-12-6-11(15)13(17(18)19)7-10(12)14/h2-7,16H,1H3. The van der Waals surface area contributed by atoms with Crippen molar-refractivity contribution in [2.24, 2.45) is 0 Å². The number of nitro groups is 1. The summed E-state index contributed by atoms with van der Waals surface area (Å²) in [5.41, 5.74) is 0.484. The summed E-state index contributed by atoms with van der Waals surface area (Å²) in [6.45, 7) is 1.83. The van der Waals surface area contributed by atoms with E-state index in [0.29, 0.717) is 0 Å². The maximum Gasteiger partial charge on any atom is 0.289 e. The van der Waals surface area contributed by atoms with Crippen LogP contribution in [0.1, 0.15) is 5.56 Å². The Hall–Kier alpha value is -1.83. The Bertz CT molecular complexity index is 836. The Kier molecular flexibility index (Phi) is 4.60. The zero-order valence-electron chi connectivity index (χ0n) is 11.2. The maximum atomic E-state index is 12.2. The summed E-state index contributed by atoms with van der Waals surface area (Å²) in [6.07, 6.45) is 0. The van der Waals surface area contributed by atoms with Crippen molar-refractivity contribution in [2.45, 2.75) is 11.8 Å². The second kappa shape index (κ2) is 6.12. The van der Waals surface area contributed by atoms with Gasteiger partial charge >= 0.3 is 0 Å². The van der Waals surface area contributed by atoms with Gasteiger partial charge in [0.05, 0.1) is 20.5 Å². The summed E-state index contributed by atoms with van der Waals surface area (Å²) in [4.78, 5) is 10.1. The second-order valence-electron chi connectivity index (χ2n) is 4.46. The van der Waals surface area contributed by atoms with Crippen LogP contribution in [0.3, 0.4) is 0 Å². The summed E-state index contributed by atoms with van der Waals surface area (Å²) >= 11 is 11.6. The molecule has 0 atom stereocenters. The number of rotatable bonds is 4. The molecule has 0 amide bonds. The molecule has 2 rings (SSSR count). The zero-order chi connectivity index (χ0) is 16.5. The summed E-state index contributed by atoms with van der Waals surface area (Å²) in [5.74, 6) is 0. The number of hydrogen-bond acceptors (Lipinski definition) is 4. The van der Waals surface area contributed by atoms with Crippen LogP contribution in [-0.2, 0) is 10.0 Å². The topological polar surface area (TPSA) is 89.3 Å². The number of hydrogen-bond donors (Lipinski definition) is 1. The Morgan fingerprint density at radius 3 is 2.23 bits per heavy atom. The number of nitro benzene ring substituents is 1. The number of halogens is 2. The van der Waals surface area contributed by atoms with Crippen LogP contribution in [0.2, 0.25) is 10.0 Å². The molecule has 9 heteroatoms. The van der Waals surface area contributed by atoms with E-state index < -0.39 is 20.6 Å². The first kappa shape index (κ1) is 16.5. The molecule has 0 saturated carbocycles. The highest BCUT2D eigenvalue weighted by molar-refractivity contribution is 7.92. The van der Waals surface area contributed by atoms with E-state index in [1.54, 1.807) is 12.1 Å². The molecule has 0 fully saturated rings. The summed E-state index contributed by atoms with van der Waals surface area (Å²) < 4.78 is 26.8. The van der Waals surface area contributed by atoms with Gasteiger partial charge in [0.15, 0.2) is 0 Å². The van der Waals surface area contributed by atoms with E-state index in [0.717, 1.165) is 17.7 Å². The molecule has 0 aromatic heterocycles. The molecule has 2 aromatic carbocycles. The molecule has 0 radical (unpaired) electrons. The molecule has 0 aliphatic carbocycles. The molecule has 22 heavy (non-hydrogen) atoms. The lowest BCUT2D eigenvalue weighted by Gasteiger charge is -2.10. The first-order chi connectivity index (χ1) is 10.2. The van der Waals surface area contributed by atoms with Gasteiger partial charge < -0.3 is 0 Å². The predicted molar refractivity (Wildman–Crippen MR) is 85.1 cm³/mol. The SMILES string of the molecule is Cc1ccc(S(=O)(=O)Nc2cc(Cl)c([N+](=O)[O-])cc2Cl)cc1. The lowest BCUT2D eigenvalue weighted by atomic mass is 10.2. The van der Waals surface area contributed by atoms with Crippen LogP contribution in [0, 0.1) is 17.0 Å². The Morgan fingerprint density at radius 2 is 1.68 bits per heavy atom. The van der Waals surface area contributed by atoms with Gasteiger partial charge in [-0.3, -0.25) is 14.8 Å². The first-order valence-corrected chi connectivity index (χ1v) is 8.17. The van der Waals surface area contributed by atoms with Gasteiger partial charge in [0.25, 0.3) is 15.7 Å². The molecule has 2 aromatic rings. The average molecular weight is 361 g/mol. The zero-order valence-corrected chi connectivity index (χ0v) is 13.5. The highest BCUT2D eigenvalue weighted by Gasteiger charge is 2.20. The van der Waals surface area contributed by atoms with Crippen molar-refractivity contribution in [3.05, 3.63) is 62.1 Å². The third-order valence-electron chi connectivity index (χ3n) is 2.81. The lowest BCUT2D eigenvalue weighted by Crippen LogP contribution is -2.13. The Balaban J connectivity index is 2.40. The third-order valence-corrected chi connectivity index (χ3v) is 4.81. The average Bonchev–Trinajstić information content (AvgIpc) is 2.42. The first-order valence-electron chi connectivity index (χ1n) is 5.93. The fraction of sp³-hybridized carbons (Fsp3) is 0.0769. The Labute approximate surface area is 136 Å². The monoisotopic (exact) mass is 360 g/mol. The van der Waals surface area contributed by atoms with Gasteiger partial charge in [-0.15, -0.1) is 0 Å². The van der Waals surface area contributed by atoms with Crippen molar-refractivity contribution >= 4 is 44.6 Å². The van der Waals surface area contributed by atoms with E-state index in [2.05, 4.69) is 4.72 Å². The van der Waals surface area contributed by atoms with E-state index in [-0.39, 0.29) is 20.6 Å². The fourth-order valence-corrected chi connectivity index (χ4v) is 3.24. The van der Waals surface area contributed by atoms with Crippen molar-refractivity contribution in [2.75, 3.05) is 4.72 Å². The van der Waals surface area contributed by atoms with Crippen LogP contribution in [0.4, 0.5) is 11.4 Å². The summed E-state index contributed by atoms with van der Waals surface area (Å²) in [7, 11) is -3.87. The molecule has 1 N–H and O–H groups in total. The minimum Gasteiger partial charge on any atom is -0.278 e. The van der Waals surface area contributed by atoms with E-state index in [4.69, 9.17) is 23.2 Å². The number of sulfonamides is 1. The van der Waals surface area contributed by atoms with Gasteiger partial charge in [0.1, 0.15) is 5.02 Å². The van der Waals surface area contributed by atoms with E-state index in [9.17, 15) is 18.5 Å². The van der Waals surface area contributed by atoms with E-state index >= 15 is 0 Å². The number of benzene rings is 2. The van der Waals surface area contributed by atoms with Gasteiger partial charge in [-0.25, -0.2) is 8.42 Å². The fourth-order valence-electron chi connectivity index (χ4n) is 1.68. The normalized spacial score (nSPS) is 11.2. The van der Waals surface area contributed by atoms with E-state index in [1.165, 1.54) is 12.1 Å². The highest BCUT2D eigenvalue weighted by atomic mass is 35.5. The predicted octanol–water partition coefficient (Wildman–Crippen LogP) is 4.01. The number of nitrogens with zero attached hydrogens (tertiary/aromatic N) is 1. The molecule has 0 aliphatic rings. The van der Waals surface area contributed by atoms with Gasteiger partial charge in [0, 0.05) is 6.07 Å². The lowest BCUT2D eigenvalue weighted by molar-refractivity contribution is -0.384. The minimum absolute atomic E-state index is 0.0298. The molecule has 0 aliphatic heterocycles. The van der Waals surface area contributed by atoms with E-state index in [1.807, 2.05) is 6.92 Å². The molecule has 0 unspecified atom stereocenters. The number of anilines is 1. The second-order valence-corrected chi connectivity index (χ2v) is 6.96. The highest BCUT2D eigenvalue weighted by Crippen LogP contribution is 2.34. The van der Waals surface area contributed by atoms with Gasteiger partial charge in [-0.05, 0) is 25.1 Å². The smallest absolute Gasteiger partial charge is 0.278 e. The number of aryl methyl sites for hydroxylation is 1. The van der Waals surface area contributed by atoms with Gasteiger partial charge in [0.2, 0.25) is 0 Å². The molecule has 0 heterocycles. The quantitative estimate of drug-likeness (QED) is 0.658. The molecule has 6 nitrogen and oxygen atoms in total.